The van der Waals surface area contributed by atoms with Crippen molar-refractivity contribution in [3.05, 3.63) is 52.3 Å². The van der Waals surface area contributed by atoms with Crippen molar-refractivity contribution in [1.29, 1.82) is 0 Å². The number of halogens is 1. The summed E-state index contributed by atoms with van der Waals surface area (Å²) in [5.41, 5.74) is 6.23. The van der Waals surface area contributed by atoms with Crippen LogP contribution >= 0.6 is 24.0 Å². The summed E-state index contributed by atoms with van der Waals surface area (Å²) >= 11 is 0. The lowest BCUT2D eigenvalue weighted by Gasteiger charge is -2.26. The van der Waals surface area contributed by atoms with Crippen molar-refractivity contribution >= 4 is 29.9 Å². The highest BCUT2D eigenvalue weighted by Crippen LogP contribution is 2.14. The van der Waals surface area contributed by atoms with Gasteiger partial charge in [-0.15, -0.1) is 24.0 Å². The molecule has 0 spiro atoms. The molecule has 1 unspecified atom stereocenters. The Morgan fingerprint density at radius 2 is 1.81 bits per heavy atom. The molecule has 172 valence electrons. The molecule has 2 aromatic rings. The van der Waals surface area contributed by atoms with Crippen LogP contribution in [0.1, 0.15) is 35.0 Å². The quantitative estimate of drug-likeness (QED) is 0.321. The predicted molar refractivity (Wildman–Crippen MR) is 137 cm³/mol. The Hall–Kier alpha value is -1.65. The lowest BCUT2D eigenvalue weighted by molar-refractivity contribution is 0.0342. The van der Waals surface area contributed by atoms with Crippen LogP contribution in [-0.4, -0.2) is 60.0 Å². The van der Waals surface area contributed by atoms with Crippen molar-refractivity contribution in [3.8, 4) is 0 Å². The molecule has 0 amide bonds. The Morgan fingerprint density at radius 1 is 1.16 bits per heavy atom. The maximum absolute atomic E-state index is 5.42. The number of morpholine rings is 1. The molecule has 0 saturated carbocycles. The van der Waals surface area contributed by atoms with E-state index in [0.717, 1.165) is 57.5 Å². The van der Waals surface area contributed by atoms with Crippen LogP contribution in [0.3, 0.4) is 0 Å². The number of nitrogens with zero attached hydrogens (tertiary/aromatic N) is 4. The van der Waals surface area contributed by atoms with E-state index < -0.39 is 0 Å². The van der Waals surface area contributed by atoms with E-state index in [4.69, 9.17) is 4.74 Å². The fourth-order valence-electron chi connectivity index (χ4n) is 3.86. The van der Waals surface area contributed by atoms with Crippen LogP contribution in [0.5, 0.6) is 0 Å². The van der Waals surface area contributed by atoms with Crippen molar-refractivity contribution in [2.24, 2.45) is 12.0 Å². The molecular formula is C23H37IN6O. The Bertz CT molecular complexity index is 842. The van der Waals surface area contributed by atoms with Crippen molar-refractivity contribution in [2.45, 2.75) is 46.3 Å². The predicted octanol–water partition coefficient (Wildman–Crippen LogP) is 2.78. The van der Waals surface area contributed by atoms with E-state index in [9.17, 15) is 0 Å². The minimum Gasteiger partial charge on any atom is -0.379 e. The number of aliphatic imine (C=N–C) groups is 1. The zero-order chi connectivity index (χ0) is 21.5. The highest BCUT2D eigenvalue weighted by molar-refractivity contribution is 14.0. The van der Waals surface area contributed by atoms with Gasteiger partial charge in [-0.2, -0.15) is 5.10 Å². The van der Waals surface area contributed by atoms with Crippen LogP contribution < -0.4 is 10.6 Å². The first-order valence-electron chi connectivity index (χ1n) is 10.8. The number of nitrogens with one attached hydrogen (secondary N) is 2. The SMILES string of the molecule is CN=C(NCc1ccc(CN2CCOCC2)cc1)NC(C)Cc1c(C)nn(C)c1C.I. The molecule has 2 heterocycles. The zero-order valence-corrected chi connectivity index (χ0v) is 21.8. The van der Waals surface area contributed by atoms with Gasteiger partial charge in [-0.05, 0) is 43.9 Å². The smallest absolute Gasteiger partial charge is 0.191 e. The highest BCUT2D eigenvalue weighted by atomic mass is 127. The molecule has 7 nitrogen and oxygen atoms in total. The van der Waals surface area contributed by atoms with Gasteiger partial charge in [0.2, 0.25) is 0 Å². The maximum Gasteiger partial charge on any atom is 0.191 e. The second-order valence-electron chi connectivity index (χ2n) is 8.15. The first-order valence-corrected chi connectivity index (χ1v) is 10.8. The summed E-state index contributed by atoms with van der Waals surface area (Å²) in [6.07, 6.45) is 0.919. The maximum atomic E-state index is 5.42. The van der Waals surface area contributed by atoms with Gasteiger partial charge in [-0.3, -0.25) is 14.6 Å². The van der Waals surface area contributed by atoms with Crippen LogP contribution in [-0.2, 0) is 31.3 Å². The van der Waals surface area contributed by atoms with E-state index in [0.29, 0.717) is 0 Å². The topological polar surface area (TPSA) is 66.7 Å². The first-order chi connectivity index (χ1) is 14.5. The van der Waals surface area contributed by atoms with Gasteiger partial charge < -0.3 is 15.4 Å². The van der Waals surface area contributed by atoms with Gasteiger partial charge in [0.1, 0.15) is 0 Å². The van der Waals surface area contributed by atoms with Crippen LogP contribution in [0.2, 0.25) is 0 Å². The molecule has 1 atom stereocenters. The summed E-state index contributed by atoms with van der Waals surface area (Å²) in [5.74, 6) is 0.819. The Balaban J connectivity index is 0.00000341. The standard InChI is InChI=1S/C23H36N6O.HI/c1-17(14-22-18(2)27-28(5)19(22)3)26-23(24-4)25-15-20-6-8-21(9-7-20)16-29-10-12-30-13-11-29;/h6-9,17H,10-16H2,1-5H3,(H2,24,25,26);1H. The number of aryl methyl sites for hydroxylation is 2. The van der Waals surface area contributed by atoms with E-state index >= 15 is 0 Å². The third-order valence-electron chi connectivity index (χ3n) is 5.77. The second kappa shape index (κ2) is 12.4. The number of aromatic nitrogens is 2. The van der Waals surface area contributed by atoms with Crippen molar-refractivity contribution in [1.82, 2.24) is 25.3 Å². The summed E-state index contributed by atoms with van der Waals surface area (Å²) < 4.78 is 7.37. The molecule has 1 aromatic heterocycles. The van der Waals surface area contributed by atoms with Gasteiger partial charge in [-0.1, -0.05) is 24.3 Å². The number of hydrogen-bond donors (Lipinski definition) is 2. The molecule has 1 saturated heterocycles. The number of ether oxygens (including phenoxy) is 1. The van der Waals surface area contributed by atoms with E-state index in [1.807, 2.05) is 18.8 Å². The van der Waals surface area contributed by atoms with Gasteiger partial charge in [0, 0.05) is 52.0 Å². The first kappa shape index (κ1) is 25.6. The summed E-state index contributed by atoms with van der Waals surface area (Å²) in [5, 5.41) is 11.4. The zero-order valence-electron chi connectivity index (χ0n) is 19.4. The van der Waals surface area contributed by atoms with Gasteiger partial charge in [0.15, 0.2) is 5.96 Å². The third-order valence-corrected chi connectivity index (χ3v) is 5.77. The molecule has 8 heteroatoms. The fourth-order valence-corrected chi connectivity index (χ4v) is 3.86. The van der Waals surface area contributed by atoms with Gasteiger partial charge in [0.05, 0.1) is 18.9 Å². The van der Waals surface area contributed by atoms with E-state index in [1.165, 1.54) is 22.4 Å². The largest absolute Gasteiger partial charge is 0.379 e. The fraction of sp³-hybridized carbons (Fsp3) is 0.565. The molecule has 31 heavy (non-hydrogen) atoms. The Morgan fingerprint density at radius 3 is 2.39 bits per heavy atom. The molecule has 1 aliphatic rings. The number of hydrogen-bond acceptors (Lipinski definition) is 4. The highest BCUT2D eigenvalue weighted by Gasteiger charge is 2.14. The minimum absolute atomic E-state index is 0. The third kappa shape index (κ3) is 7.47. The number of rotatable bonds is 7. The normalized spacial score (nSPS) is 16.0. The molecule has 3 rings (SSSR count). The summed E-state index contributed by atoms with van der Waals surface area (Å²) in [7, 11) is 3.81. The monoisotopic (exact) mass is 540 g/mol. The molecule has 0 radical (unpaired) electrons. The van der Waals surface area contributed by atoms with Crippen molar-refractivity contribution in [2.75, 3.05) is 33.4 Å². The van der Waals surface area contributed by atoms with Gasteiger partial charge >= 0.3 is 0 Å². The molecule has 1 aliphatic heterocycles. The van der Waals surface area contributed by atoms with E-state index in [2.05, 4.69) is 70.7 Å². The molecule has 1 aromatic carbocycles. The average Bonchev–Trinajstić information content (AvgIpc) is 2.99. The van der Waals surface area contributed by atoms with Crippen LogP contribution in [0, 0.1) is 13.8 Å². The van der Waals surface area contributed by atoms with Gasteiger partial charge in [0.25, 0.3) is 0 Å². The van der Waals surface area contributed by atoms with Crippen LogP contribution in [0.4, 0.5) is 0 Å². The second-order valence-corrected chi connectivity index (χ2v) is 8.15. The number of benzene rings is 1. The van der Waals surface area contributed by atoms with E-state index in [1.54, 1.807) is 0 Å². The summed E-state index contributed by atoms with van der Waals surface area (Å²) in [6.45, 7) is 11.8. The summed E-state index contributed by atoms with van der Waals surface area (Å²) in [4.78, 5) is 6.82. The van der Waals surface area contributed by atoms with Gasteiger partial charge in [-0.25, -0.2) is 0 Å². The van der Waals surface area contributed by atoms with Crippen LogP contribution in [0.15, 0.2) is 29.3 Å². The minimum atomic E-state index is 0. The van der Waals surface area contributed by atoms with Crippen molar-refractivity contribution < 1.29 is 4.74 Å². The van der Waals surface area contributed by atoms with Crippen molar-refractivity contribution in [3.63, 3.8) is 0 Å². The molecular weight excluding hydrogens is 503 g/mol. The summed E-state index contributed by atoms with van der Waals surface area (Å²) in [6, 6.07) is 9.09. The lowest BCUT2D eigenvalue weighted by Crippen LogP contribution is -2.42. The molecule has 1 fully saturated rings. The van der Waals surface area contributed by atoms with Crippen LogP contribution in [0.25, 0.3) is 0 Å². The Kier molecular flexibility index (Phi) is 10.2. The Labute approximate surface area is 203 Å². The average molecular weight is 540 g/mol. The lowest BCUT2D eigenvalue weighted by atomic mass is 10.1. The number of guanidine groups is 1. The molecule has 0 aliphatic carbocycles. The molecule has 0 bridgehead atoms. The molecule has 2 N–H and O–H groups in total. The van der Waals surface area contributed by atoms with E-state index in [-0.39, 0.29) is 30.0 Å².